The molecule has 4 nitrogen and oxygen atoms in total. The first-order valence-corrected chi connectivity index (χ1v) is 8.51. The van der Waals surface area contributed by atoms with E-state index in [-0.39, 0.29) is 0 Å². The average Bonchev–Trinajstić information content (AvgIpc) is 2.55. The first-order chi connectivity index (χ1) is 10.7. The Morgan fingerprint density at radius 1 is 1.18 bits per heavy atom. The van der Waals surface area contributed by atoms with Gasteiger partial charge in [0.15, 0.2) is 0 Å². The molecule has 2 heterocycles. The molecule has 0 spiro atoms. The lowest BCUT2D eigenvalue weighted by Crippen LogP contribution is -2.35. The number of thioether (sulfide) groups is 1. The molecule has 2 N–H and O–H groups in total. The fraction of sp³-hybridized carbons (Fsp3) is 0.294. The molecule has 5 heteroatoms. The number of aryl methyl sites for hydroxylation is 1. The van der Waals surface area contributed by atoms with E-state index >= 15 is 0 Å². The van der Waals surface area contributed by atoms with Crippen LogP contribution in [0.2, 0.25) is 0 Å². The third-order valence-electron chi connectivity index (χ3n) is 3.92. The van der Waals surface area contributed by atoms with Crippen LogP contribution in [0, 0.1) is 6.92 Å². The third-order valence-corrected chi connectivity index (χ3v) is 4.87. The summed E-state index contributed by atoms with van der Waals surface area (Å²) in [5.41, 5.74) is 9.25. The lowest BCUT2D eigenvalue weighted by molar-refractivity contribution is 0.100. The molecule has 1 fully saturated rings. The maximum Gasteiger partial charge on any atom is 0.253 e. The monoisotopic (exact) mass is 313 g/mol. The van der Waals surface area contributed by atoms with Crippen molar-refractivity contribution in [3.05, 3.63) is 47.7 Å². The number of anilines is 1. The number of carbonyl (C=O) groups is 1. The Kier molecular flexibility index (Phi) is 4.34. The number of primary amides is 1. The highest BCUT2D eigenvalue weighted by atomic mass is 32.2. The van der Waals surface area contributed by atoms with Gasteiger partial charge in [-0.3, -0.25) is 4.79 Å². The van der Waals surface area contributed by atoms with E-state index in [0.29, 0.717) is 11.4 Å². The zero-order chi connectivity index (χ0) is 15.5. The minimum Gasteiger partial charge on any atom is -0.365 e. The molecule has 0 unspecified atom stereocenters. The standard InChI is InChI=1S/C17H19N3OS/c1-12-4-2-3-5-13(12)14-6-7-19-17(15(14)16(18)21)20-8-10-22-11-9-20/h2-7H,8-11H2,1H3,(H2,18,21). The number of nitrogens with zero attached hydrogens (tertiary/aromatic N) is 2. The summed E-state index contributed by atoms with van der Waals surface area (Å²) in [6.07, 6.45) is 1.77. The van der Waals surface area contributed by atoms with E-state index in [9.17, 15) is 4.79 Å². The highest BCUT2D eigenvalue weighted by molar-refractivity contribution is 7.99. The summed E-state index contributed by atoms with van der Waals surface area (Å²) < 4.78 is 0. The van der Waals surface area contributed by atoms with Crippen LogP contribution in [0.25, 0.3) is 11.1 Å². The number of aromatic nitrogens is 1. The quantitative estimate of drug-likeness (QED) is 0.946. The van der Waals surface area contributed by atoms with E-state index in [4.69, 9.17) is 5.73 Å². The second kappa shape index (κ2) is 6.40. The van der Waals surface area contributed by atoms with Gasteiger partial charge in [0.1, 0.15) is 5.82 Å². The minimum atomic E-state index is -0.417. The summed E-state index contributed by atoms with van der Waals surface area (Å²) in [6, 6.07) is 9.91. The summed E-state index contributed by atoms with van der Waals surface area (Å²) in [7, 11) is 0. The number of nitrogens with two attached hydrogens (primary N) is 1. The van der Waals surface area contributed by atoms with Crippen molar-refractivity contribution in [2.45, 2.75) is 6.92 Å². The predicted octanol–water partition coefficient (Wildman–Crippen LogP) is 2.71. The number of hydrogen-bond acceptors (Lipinski definition) is 4. The van der Waals surface area contributed by atoms with E-state index in [0.717, 1.165) is 41.3 Å². The Hall–Kier alpha value is -2.01. The molecule has 1 aromatic heterocycles. The molecule has 1 amide bonds. The number of pyridine rings is 1. The molecule has 1 saturated heterocycles. The van der Waals surface area contributed by atoms with Crippen LogP contribution in [0.3, 0.4) is 0 Å². The van der Waals surface area contributed by atoms with Gasteiger partial charge in [-0.15, -0.1) is 0 Å². The van der Waals surface area contributed by atoms with Crippen molar-refractivity contribution in [1.82, 2.24) is 4.98 Å². The Morgan fingerprint density at radius 3 is 2.59 bits per heavy atom. The van der Waals surface area contributed by atoms with Crippen molar-refractivity contribution >= 4 is 23.5 Å². The summed E-state index contributed by atoms with van der Waals surface area (Å²) in [5.74, 6) is 2.40. The molecule has 0 radical (unpaired) electrons. The largest absolute Gasteiger partial charge is 0.365 e. The molecular weight excluding hydrogens is 294 g/mol. The maximum atomic E-state index is 12.1. The molecule has 0 atom stereocenters. The molecule has 0 saturated carbocycles. The molecule has 1 aliphatic heterocycles. The van der Waals surface area contributed by atoms with E-state index in [1.807, 2.05) is 49.0 Å². The third kappa shape index (κ3) is 2.81. The van der Waals surface area contributed by atoms with Gasteiger partial charge in [-0.1, -0.05) is 24.3 Å². The second-order valence-electron chi connectivity index (χ2n) is 5.34. The smallest absolute Gasteiger partial charge is 0.253 e. The van der Waals surface area contributed by atoms with Crippen LogP contribution in [0.4, 0.5) is 5.82 Å². The number of benzene rings is 1. The van der Waals surface area contributed by atoms with Gasteiger partial charge in [0.05, 0.1) is 5.56 Å². The van der Waals surface area contributed by atoms with Gasteiger partial charge < -0.3 is 10.6 Å². The molecule has 114 valence electrons. The Labute approximate surface area is 134 Å². The number of rotatable bonds is 3. The fourth-order valence-electron chi connectivity index (χ4n) is 2.81. The van der Waals surface area contributed by atoms with Gasteiger partial charge in [0, 0.05) is 30.8 Å². The first kappa shape index (κ1) is 14.9. The Bertz CT molecular complexity index is 696. The van der Waals surface area contributed by atoms with E-state index in [2.05, 4.69) is 9.88 Å². The van der Waals surface area contributed by atoms with Crippen LogP contribution in [-0.4, -0.2) is 35.5 Å². The normalized spacial score (nSPS) is 14.9. The van der Waals surface area contributed by atoms with Crippen molar-refractivity contribution in [3.63, 3.8) is 0 Å². The molecule has 0 aliphatic carbocycles. The summed E-state index contributed by atoms with van der Waals surface area (Å²) in [4.78, 5) is 18.7. The van der Waals surface area contributed by atoms with Gasteiger partial charge in [-0.05, 0) is 29.7 Å². The van der Waals surface area contributed by atoms with Gasteiger partial charge in [-0.2, -0.15) is 11.8 Å². The highest BCUT2D eigenvalue weighted by Gasteiger charge is 2.22. The molecule has 3 rings (SSSR count). The second-order valence-corrected chi connectivity index (χ2v) is 6.56. The average molecular weight is 313 g/mol. The summed E-state index contributed by atoms with van der Waals surface area (Å²) in [5, 5.41) is 0. The van der Waals surface area contributed by atoms with Crippen molar-refractivity contribution < 1.29 is 4.79 Å². The van der Waals surface area contributed by atoms with Crippen LogP contribution < -0.4 is 10.6 Å². The van der Waals surface area contributed by atoms with Gasteiger partial charge in [0.2, 0.25) is 0 Å². The maximum absolute atomic E-state index is 12.1. The van der Waals surface area contributed by atoms with E-state index < -0.39 is 5.91 Å². The number of amides is 1. The number of hydrogen-bond donors (Lipinski definition) is 1. The minimum absolute atomic E-state index is 0.417. The van der Waals surface area contributed by atoms with Gasteiger partial charge in [0.25, 0.3) is 5.91 Å². The molecule has 0 bridgehead atoms. The van der Waals surface area contributed by atoms with E-state index in [1.165, 1.54) is 0 Å². The first-order valence-electron chi connectivity index (χ1n) is 7.36. The molecule has 1 aromatic carbocycles. The Balaban J connectivity index is 2.15. The molecule has 2 aromatic rings. The van der Waals surface area contributed by atoms with Crippen LogP contribution in [0.15, 0.2) is 36.5 Å². The van der Waals surface area contributed by atoms with Crippen molar-refractivity contribution in [3.8, 4) is 11.1 Å². The fourth-order valence-corrected chi connectivity index (χ4v) is 3.71. The lowest BCUT2D eigenvalue weighted by Gasteiger charge is -2.29. The van der Waals surface area contributed by atoms with Gasteiger partial charge >= 0.3 is 0 Å². The van der Waals surface area contributed by atoms with Crippen molar-refractivity contribution in [1.29, 1.82) is 0 Å². The zero-order valence-electron chi connectivity index (χ0n) is 12.6. The number of carbonyl (C=O) groups excluding carboxylic acids is 1. The summed E-state index contributed by atoms with van der Waals surface area (Å²) in [6.45, 7) is 3.84. The van der Waals surface area contributed by atoms with Gasteiger partial charge in [-0.25, -0.2) is 4.98 Å². The van der Waals surface area contributed by atoms with Crippen molar-refractivity contribution in [2.75, 3.05) is 29.5 Å². The SMILES string of the molecule is Cc1ccccc1-c1ccnc(N2CCSCC2)c1C(N)=O. The van der Waals surface area contributed by atoms with Crippen LogP contribution in [0.1, 0.15) is 15.9 Å². The topological polar surface area (TPSA) is 59.2 Å². The zero-order valence-corrected chi connectivity index (χ0v) is 13.4. The van der Waals surface area contributed by atoms with E-state index in [1.54, 1.807) is 6.20 Å². The van der Waals surface area contributed by atoms with Crippen molar-refractivity contribution in [2.24, 2.45) is 5.73 Å². The van der Waals surface area contributed by atoms with Crippen LogP contribution >= 0.6 is 11.8 Å². The highest BCUT2D eigenvalue weighted by Crippen LogP contribution is 2.32. The lowest BCUT2D eigenvalue weighted by atomic mass is 9.96. The van der Waals surface area contributed by atoms with Crippen LogP contribution in [0.5, 0.6) is 0 Å². The predicted molar refractivity (Wildman–Crippen MR) is 92.5 cm³/mol. The summed E-state index contributed by atoms with van der Waals surface area (Å²) >= 11 is 1.92. The van der Waals surface area contributed by atoms with Crippen LogP contribution in [-0.2, 0) is 0 Å². The Morgan fingerprint density at radius 2 is 1.91 bits per heavy atom. The molecule has 1 aliphatic rings. The molecule has 22 heavy (non-hydrogen) atoms. The molecular formula is C17H19N3OS.